The molecule has 1 aromatic carbocycles. The van der Waals surface area contributed by atoms with Gasteiger partial charge in [-0.05, 0) is 49.6 Å². The van der Waals surface area contributed by atoms with E-state index in [1.165, 1.54) is 0 Å². The Morgan fingerprint density at radius 3 is 2.57 bits per heavy atom. The lowest BCUT2D eigenvalue weighted by molar-refractivity contribution is -0.120. The Labute approximate surface area is 142 Å². The number of nitrogens with zero attached hydrogens (tertiary/aromatic N) is 1. The van der Waals surface area contributed by atoms with Crippen LogP contribution in [0.25, 0.3) is 0 Å². The van der Waals surface area contributed by atoms with Crippen LogP contribution in [0.4, 0.5) is 17.2 Å². The highest BCUT2D eigenvalue weighted by molar-refractivity contribution is 6.30. The van der Waals surface area contributed by atoms with Gasteiger partial charge in [-0.1, -0.05) is 31.5 Å². The molecule has 0 fully saturated rings. The zero-order valence-electron chi connectivity index (χ0n) is 13.7. The van der Waals surface area contributed by atoms with Crippen molar-refractivity contribution in [3.05, 3.63) is 47.1 Å². The smallest absolute Gasteiger partial charge is 0.227 e. The second-order valence-electron chi connectivity index (χ2n) is 5.52. The number of nitrogens with one attached hydrogen (secondary N) is 2. The Morgan fingerprint density at radius 2 is 1.96 bits per heavy atom. The molecular weight excluding hydrogens is 310 g/mol. The normalized spacial score (nSPS) is 10.7. The van der Waals surface area contributed by atoms with Crippen LogP contribution in [0.15, 0.2) is 36.5 Å². The van der Waals surface area contributed by atoms with E-state index in [1.807, 2.05) is 51.1 Å². The van der Waals surface area contributed by atoms with Crippen LogP contribution in [0, 0.1) is 12.8 Å². The topological polar surface area (TPSA) is 54.0 Å². The molecule has 0 atom stereocenters. The summed E-state index contributed by atoms with van der Waals surface area (Å²) in [5.74, 6) is 0.793. The third-order valence-electron chi connectivity index (χ3n) is 3.85. The molecule has 2 aromatic rings. The molecule has 1 aromatic heterocycles. The highest BCUT2D eigenvalue weighted by Crippen LogP contribution is 2.24. The number of aryl methyl sites for hydroxylation is 1. The highest BCUT2D eigenvalue weighted by Gasteiger charge is 2.14. The third-order valence-corrected chi connectivity index (χ3v) is 4.08. The minimum Gasteiger partial charge on any atom is -0.340 e. The van der Waals surface area contributed by atoms with E-state index < -0.39 is 0 Å². The van der Waals surface area contributed by atoms with E-state index in [0.29, 0.717) is 16.5 Å². The summed E-state index contributed by atoms with van der Waals surface area (Å²) < 4.78 is 0. The summed E-state index contributed by atoms with van der Waals surface area (Å²) in [5.41, 5.74) is 2.70. The summed E-state index contributed by atoms with van der Waals surface area (Å²) in [6.45, 7) is 6.04. The van der Waals surface area contributed by atoms with Gasteiger partial charge < -0.3 is 10.6 Å². The lowest BCUT2D eigenvalue weighted by atomic mass is 10.0. The van der Waals surface area contributed by atoms with E-state index in [4.69, 9.17) is 11.6 Å². The first-order valence-corrected chi connectivity index (χ1v) is 8.21. The maximum absolute atomic E-state index is 12.1. The number of pyridine rings is 1. The number of anilines is 3. The van der Waals surface area contributed by atoms with Gasteiger partial charge in [0.15, 0.2) is 0 Å². The van der Waals surface area contributed by atoms with Crippen LogP contribution in [0.5, 0.6) is 0 Å². The first-order valence-electron chi connectivity index (χ1n) is 7.83. The summed E-state index contributed by atoms with van der Waals surface area (Å²) in [4.78, 5) is 16.4. The van der Waals surface area contributed by atoms with Crippen molar-refractivity contribution >= 4 is 34.7 Å². The Kier molecular flexibility index (Phi) is 5.99. The third kappa shape index (κ3) is 4.70. The SMILES string of the molecule is CCC(CC)C(=O)Nc1ccc(Nc2cc(Cl)ccc2C)nc1. The van der Waals surface area contributed by atoms with Crippen molar-refractivity contribution in [2.45, 2.75) is 33.6 Å². The van der Waals surface area contributed by atoms with E-state index in [0.717, 1.165) is 24.1 Å². The summed E-state index contributed by atoms with van der Waals surface area (Å²) in [6.07, 6.45) is 3.33. The van der Waals surface area contributed by atoms with E-state index >= 15 is 0 Å². The number of carbonyl (C=O) groups excluding carboxylic acids is 1. The van der Waals surface area contributed by atoms with E-state index in [9.17, 15) is 4.79 Å². The van der Waals surface area contributed by atoms with E-state index in [-0.39, 0.29) is 11.8 Å². The fourth-order valence-electron chi connectivity index (χ4n) is 2.31. The van der Waals surface area contributed by atoms with Gasteiger partial charge >= 0.3 is 0 Å². The van der Waals surface area contributed by atoms with Gasteiger partial charge in [0.05, 0.1) is 11.9 Å². The molecular formula is C18H22ClN3O. The van der Waals surface area contributed by atoms with Gasteiger partial charge in [-0.15, -0.1) is 0 Å². The van der Waals surface area contributed by atoms with Crippen molar-refractivity contribution < 1.29 is 4.79 Å². The van der Waals surface area contributed by atoms with Gasteiger partial charge in [-0.2, -0.15) is 0 Å². The van der Waals surface area contributed by atoms with Crippen molar-refractivity contribution in [1.29, 1.82) is 0 Å². The molecule has 122 valence electrons. The molecule has 2 N–H and O–H groups in total. The molecule has 2 rings (SSSR count). The van der Waals surface area contributed by atoms with Crippen molar-refractivity contribution in [2.75, 3.05) is 10.6 Å². The Bertz CT molecular complexity index is 666. The summed E-state index contributed by atoms with van der Waals surface area (Å²) in [5, 5.41) is 6.81. The fourth-order valence-corrected chi connectivity index (χ4v) is 2.48. The van der Waals surface area contributed by atoms with Crippen molar-refractivity contribution in [3.63, 3.8) is 0 Å². The monoisotopic (exact) mass is 331 g/mol. The van der Waals surface area contributed by atoms with Gasteiger partial charge in [0.2, 0.25) is 5.91 Å². The molecule has 0 unspecified atom stereocenters. The molecule has 0 saturated carbocycles. The standard InChI is InChI=1S/C18H22ClN3O/c1-4-13(5-2)18(23)21-15-8-9-17(20-11-15)22-16-10-14(19)7-6-12(16)3/h6-11,13H,4-5H2,1-3H3,(H,20,22)(H,21,23). The van der Waals surface area contributed by atoms with Gasteiger partial charge in [0.1, 0.15) is 5.82 Å². The number of benzene rings is 1. The predicted octanol–water partition coefficient (Wildman–Crippen LogP) is 5.16. The van der Waals surface area contributed by atoms with Crippen LogP contribution in [0.1, 0.15) is 32.3 Å². The summed E-state index contributed by atoms with van der Waals surface area (Å²) in [6, 6.07) is 9.35. The summed E-state index contributed by atoms with van der Waals surface area (Å²) in [7, 11) is 0. The van der Waals surface area contributed by atoms with Gasteiger partial charge in [-0.3, -0.25) is 4.79 Å². The van der Waals surface area contributed by atoms with Crippen LogP contribution in [-0.2, 0) is 4.79 Å². The fraction of sp³-hybridized carbons (Fsp3) is 0.333. The number of hydrogen-bond acceptors (Lipinski definition) is 3. The summed E-state index contributed by atoms with van der Waals surface area (Å²) >= 11 is 6.01. The zero-order chi connectivity index (χ0) is 16.8. The van der Waals surface area contributed by atoms with Crippen LogP contribution in [0.2, 0.25) is 5.02 Å². The maximum atomic E-state index is 12.1. The van der Waals surface area contributed by atoms with Crippen molar-refractivity contribution in [1.82, 2.24) is 4.98 Å². The molecule has 23 heavy (non-hydrogen) atoms. The first kappa shape index (κ1) is 17.3. The molecule has 0 bridgehead atoms. The maximum Gasteiger partial charge on any atom is 0.227 e. The van der Waals surface area contributed by atoms with Crippen LogP contribution >= 0.6 is 11.6 Å². The number of rotatable bonds is 6. The number of hydrogen-bond donors (Lipinski definition) is 2. The molecule has 0 saturated heterocycles. The molecule has 1 amide bonds. The second-order valence-corrected chi connectivity index (χ2v) is 5.96. The predicted molar refractivity (Wildman–Crippen MR) is 96.4 cm³/mol. The second kappa shape index (κ2) is 7.97. The molecule has 0 aliphatic carbocycles. The molecule has 4 nitrogen and oxygen atoms in total. The molecule has 1 heterocycles. The number of carbonyl (C=O) groups is 1. The molecule has 0 radical (unpaired) electrons. The molecule has 5 heteroatoms. The Hall–Kier alpha value is -2.07. The van der Waals surface area contributed by atoms with Crippen molar-refractivity contribution in [3.8, 4) is 0 Å². The average Bonchev–Trinajstić information content (AvgIpc) is 2.54. The van der Waals surface area contributed by atoms with Crippen LogP contribution < -0.4 is 10.6 Å². The van der Waals surface area contributed by atoms with Crippen LogP contribution in [0.3, 0.4) is 0 Å². The molecule has 0 aliphatic heterocycles. The lowest BCUT2D eigenvalue weighted by Crippen LogP contribution is -2.21. The van der Waals surface area contributed by atoms with Gasteiger partial charge in [0, 0.05) is 16.6 Å². The Morgan fingerprint density at radius 1 is 1.22 bits per heavy atom. The zero-order valence-corrected chi connectivity index (χ0v) is 14.4. The number of halogens is 1. The lowest BCUT2D eigenvalue weighted by Gasteiger charge is -2.13. The molecule has 0 aliphatic rings. The first-order chi connectivity index (χ1) is 11.0. The van der Waals surface area contributed by atoms with Gasteiger partial charge in [-0.25, -0.2) is 4.98 Å². The number of aromatic nitrogens is 1. The average molecular weight is 332 g/mol. The van der Waals surface area contributed by atoms with E-state index in [2.05, 4.69) is 15.6 Å². The highest BCUT2D eigenvalue weighted by atomic mass is 35.5. The van der Waals surface area contributed by atoms with Crippen LogP contribution in [-0.4, -0.2) is 10.9 Å². The van der Waals surface area contributed by atoms with Gasteiger partial charge in [0.25, 0.3) is 0 Å². The largest absolute Gasteiger partial charge is 0.340 e. The Balaban J connectivity index is 2.05. The van der Waals surface area contributed by atoms with E-state index in [1.54, 1.807) is 6.20 Å². The minimum absolute atomic E-state index is 0.0434. The van der Waals surface area contributed by atoms with Crippen molar-refractivity contribution in [2.24, 2.45) is 5.92 Å². The number of amides is 1. The minimum atomic E-state index is 0.0434. The quantitative estimate of drug-likeness (QED) is 0.768. The molecule has 0 spiro atoms.